The molecule has 0 spiro atoms. The molecule has 112 valence electrons. The molecule has 0 atom stereocenters. The van der Waals surface area contributed by atoms with E-state index in [1.807, 2.05) is 30.3 Å². The van der Waals surface area contributed by atoms with E-state index >= 15 is 0 Å². The van der Waals surface area contributed by atoms with Crippen molar-refractivity contribution in [1.29, 1.82) is 10.7 Å². The van der Waals surface area contributed by atoms with Crippen molar-refractivity contribution >= 4 is 30.6 Å². The third-order valence-electron chi connectivity index (χ3n) is 3.02. The molecule has 0 radical (unpaired) electrons. The molecule has 22 heavy (non-hydrogen) atoms. The molecule has 0 aliphatic rings. The Bertz CT molecular complexity index is 753. The molecule has 0 aromatic heterocycles. The molecule has 0 bridgehead atoms. The van der Waals surface area contributed by atoms with Crippen molar-refractivity contribution in [2.24, 2.45) is 0 Å². The van der Waals surface area contributed by atoms with Crippen LogP contribution in [0.5, 0.6) is 0 Å². The van der Waals surface area contributed by atoms with Gasteiger partial charge in [-0.25, -0.2) is 0 Å². The first-order valence-corrected chi connectivity index (χ1v) is 8.18. The van der Waals surface area contributed by atoms with Crippen LogP contribution in [0.15, 0.2) is 46.2 Å². The molecule has 1 N–H and O–H groups in total. The summed E-state index contributed by atoms with van der Waals surface area (Å²) in [5, 5.41) is 16.7. The maximum atomic E-state index is 9.12. The summed E-state index contributed by atoms with van der Waals surface area (Å²) in [7, 11) is 0. The van der Waals surface area contributed by atoms with Gasteiger partial charge in [0.1, 0.15) is 0 Å². The molecule has 2 rings (SSSR count). The molecule has 0 heterocycles. The van der Waals surface area contributed by atoms with Crippen LogP contribution < -0.4 is 0 Å². The van der Waals surface area contributed by atoms with Crippen LogP contribution in [0.4, 0.5) is 0 Å². The van der Waals surface area contributed by atoms with Crippen molar-refractivity contribution in [1.82, 2.24) is 0 Å². The molecule has 4 heteroatoms. The van der Waals surface area contributed by atoms with Crippen molar-refractivity contribution in [3.8, 4) is 17.2 Å². The van der Waals surface area contributed by atoms with Crippen LogP contribution in [0.25, 0.3) is 11.1 Å². The van der Waals surface area contributed by atoms with Gasteiger partial charge in [0.15, 0.2) is 0 Å². The van der Waals surface area contributed by atoms with Crippen molar-refractivity contribution in [2.45, 2.75) is 35.3 Å². The number of nitriles is 1. The third-order valence-corrected chi connectivity index (χ3v) is 4.68. The minimum Gasteiger partial charge on any atom is -0.308 e. The lowest BCUT2D eigenvalue weighted by Gasteiger charge is -2.22. The van der Waals surface area contributed by atoms with Gasteiger partial charge < -0.3 is 5.41 Å². The molecule has 0 fully saturated rings. The average Bonchev–Trinajstić information content (AvgIpc) is 2.46. The van der Waals surface area contributed by atoms with Crippen LogP contribution in [0, 0.1) is 16.7 Å². The highest BCUT2D eigenvalue weighted by Gasteiger charge is 2.18. The summed E-state index contributed by atoms with van der Waals surface area (Å²) in [6.07, 6.45) is 1.31. The Morgan fingerprint density at radius 1 is 1.23 bits per heavy atom. The van der Waals surface area contributed by atoms with E-state index in [9.17, 15) is 0 Å². The maximum Gasteiger partial charge on any atom is 0.0991 e. The number of thioether (sulfide) groups is 1. The van der Waals surface area contributed by atoms with Gasteiger partial charge in [0.2, 0.25) is 0 Å². The van der Waals surface area contributed by atoms with E-state index < -0.39 is 0 Å². The normalized spacial score (nSPS) is 11.0. The van der Waals surface area contributed by atoms with Crippen molar-refractivity contribution < 1.29 is 0 Å². The van der Waals surface area contributed by atoms with Crippen LogP contribution >= 0.6 is 24.4 Å². The van der Waals surface area contributed by atoms with Crippen molar-refractivity contribution in [3.05, 3.63) is 47.5 Å². The van der Waals surface area contributed by atoms with Crippen LogP contribution in [-0.4, -0.2) is 11.0 Å². The number of benzene rings is 2. The van der Waals surface area contributed by atoms with Crippen molar-refractivity contribution in [2.75, 3.05) is 0 Å². The zero-order valence-corrected chi connectivity index (χ0v) is 14.6. The number of nitrogens with one attached hydrogen (secondary N) is 1. The summed E-state index contributed by atoms with van der Waals surface area (Å²) >= 11 is 6.40. The van der Waals surface area contributed by atoms with Gasteiger partial charge in [0.25, 0.3) is 0 Å². The summed E-state index contributed by atoms with van der Waals surface area (Å²) in [5.74, 6) is 0. The number of hydrogen-bond acceptors (Lipinski definition) is 4. The molecular weight excluding hydrogens is 308 g/mol. The van der Waals surface area contributed by atoms with E-state index in [1.165, 1.54) is 6.21 Å². The molecule has 0 saturated carbocycles. The molecule has 2 nitrogen and oxygen atoms in total. The molecular formula is C18H18N2S2. The highest BCUT2D eigenvalue weighted by molar-refractivity contribution is 8.00. The van der Waals surface area contributed by atoms with Crippen LogP contribution in [0.2, 0.25) is 0 Å². The Hall–Kier alpha value is -1.70. The average molecular weight is 326 g/mol. The van der Waals surface area contributed by atoms with Gasteiger partial charge in [0.05, 0.1) is 11.6 Å². The van der Waals surface area contributed by atoms with Gasteiger partial charge in [-0.05, 0) is 23.8 Å². The Balaban J connectivity index is 2.69. The van der Waals surface area contributed by atoms with Crippen molar-refractivity contribution in [3.63, 3.8) is 0 Å². The summed E-state index contributed by atoms with van der Waals surface area (Å²) < 4.78 is 0.0635. The van der Waals surface area contributed by atoms with Crippen LogP contribution in [0.3, 0.4) is 0 Å². The van der Waals surface area contributed by atoms with Gasteiger partial charge >= 0.3 is 0 Å². The lowest BCUT2D eigenvalue weighted by atomic mass is 10.0. The SMILES string of the molecule is CC(C)(C)Sc1ccc(C=N)c(S)c1-c1cccc(C#N)c1. The second kappa shape index (κ2) is 6.60. The predicted octanol–water partition coefficient (Wildman–Crippen LogP) is 5.40. The second-order valence-electron chi connectivity index (χ2n) is 5.93. The molecule has 0 unspecified atom stereocenters. The Morgan fingerprint density at radius 3 is 2.55 bits per heavy atom. The summed E-state index contributed by atoms with van der Waals surface area (Å²) in [6, 6.07) is 13.6. The van der Waals surface area contributed by atoms with Gasteiger partial charge in [-0.1, -0.05) is 39.0 Å². The smallest absolute Gasteiger partial charge is 0.0991 e. The van der Waals surface area contributed by atoms with Gasteiger partial charge in [-0.3, -0.25) is 0 Å². The maximum absolute atomic E-state index is 9.12. The molecule has 2 aromatic carbocycles. The van der Waals surface area contributed by atoms with Crippen LogP contribution in [0.1, 0.15) is 31.9 Å². The van der Waals surface area contributed by atoms with E-state index in [2.05, 4.69) is 39.5 Å². The van der Waals surface area contributed by atoms with Gasteiger partial charge in [0, 0.05) is 31.9 Å². The molecule has 0 amide bonds. The standard InChI is InChI=1S/C18H18N2S2/c1-18(2,3)22-15-8-7-14(11-20)17(21)16(15)13-6-4-5-12(9-13)10-19/h4-9,11,20-21H,1-3H3. The minimum absolute atomic E-state index is 0.0635. The number of nitrogens with zero attached hydrogens (tertiary/aromatic N) is 1. The highest BCUT2D eigenvalue weighted by Crippen LogP contribution is 2.42. The molecule has 0 saturated heterocycles. The minimum atomic E-state index is 0.0635. The first-order chi connectivity index (χ1) is 10.4. The lowest BCUT2D eigenvalue weighted by Crippen LogP contribution is -2.07. The first kappa shape index (κ1) is 16.7. The van der Waals surface area contributed by atoms with E-state index in [4.69, 9.17) is 10.7 Å². The quantitative estimate of drug-likeness (QED) is 0.450. The molecule has 0 aliphatic carbocycles. The van der Waals surface area contributed by atoms with E-state index in [0.29, 0.717) is 5.56 Å². The monoisotopic (exact) mass is 326 g/mol. The molecule has 2 aromatic rings. The number of hydrogen-bond donors (Lipinski definition) is 2. The summed E-state index contributed by atoms with van der Waals surface area (Å²) in [4.78, 5) is 1.89. The van der Waals surface area contributed by atoms with Gasteiger partial charge in [-0.2, -0.15) is 5.26 Å². The highest BCUT2D eigenvalue weighted by atomic mass is 32.2. The number of rotatable bonds is 3. The summed E-state index contributed by atoms with van der Waals surface area (Å²) in [6.45, 7) is 6.49. The van der Waals surface area contributed by atoms with E-state index in [0.717, 1.165) is 26.5 Å². The number of thiol groups is 1. The topological polar surface area (TPSA) is 47.6 Å². The Kier molecular flexibility index (Phi) is 5.00. The fourth-order valence-corrected chi connectivity index (χ4v) is 3.73. The zero-order valence-electron chi connectivity index (χ0n) is 12.8. The second-order valence-corrected chi connectivity index (χ2v) is 8.24. The summed E-state index contributed by atoms with van der Waals surface area (Å²) in [5.41, 5.74) is 3.34. The lowest BCUT2D eigenvalue weighted by molar-refractivity contribution is 0.803. The van der Waals surface area contributed by atoms with E-state index in [-0.39, 0.29) is 4.75 Å². The zero-order chi connectivity index (χ0) is 16.3. The van der Waals surface area contributed by atoms with E-state index in [1.54, 1.807) is 17.8 Å². The first-order valence-electron chi connectivity index (χ1n) is 6.91. The third kappa shape index (κ3) is 3.73. The van der Waals surface area contributed by atoms with Crippen LogP contribution in [-0.2, 0) is 0 Å². The Morgan fingerprint density at radius 2 is 1.95 bits per heavy atom. The predicted molar refractivity (Wildman–Crippen MR) is 97.3 cm³/mol. The fraction of sp³-hybridized carbons (Fsp3) is 0.222. The fourth-order valence-electron chi connectivity index (χ4n) is 2.14. The molecule has 0 aliphatic heterocycles. The van der Waals surface area contributed by atoms with Gasteiger partial charge in [-0.15, -0.1) is 24.4 Å². The largest absolute Gasteiger partial charge is 0.308 e. The Labute approximate surface area is 141 Å².